The number of imidazole rings is 1. The molecule has 1 heterocycles. The number of fused-ring (bicyclic) bond motifs is 1. The Morgan fingerprint density at radius 2 is 2.11 bits per heavy atom. The number of benzene rings is 1. The lowest BCUT2D eigenvalue weighted by atomic mass is 10.1. The summed E-state index contributed by atoms with van der Waals surface area (Å²) >= 11 is 0. The van der Waals surface area contributed by atoms with Gasteiger partial charge in [-0.3, -0.25) is 0 Å². The Morgan fingerprint density at radius 1 is 1.37 bits per heavy atom. The van der Waals surface area contributed by atoms with Gasteiger partial charge in [0.05, 0.1) is 12.1 Å². The third kappa shape index (κ3) is 3.59. The van der Waals surface area contributed by atoms with E-state index in [1.54, 1.807) is 18.2 Å². The van der Waals surface area contributed by atoms with Crippen molar-refractivity contribution in [2.45, 2.75) is 32.6 Å². The Balaban J connectivity index is 2.10. The van der Waals surface area contributed by atoms with Crippen LogP contribution in [0.2, 0.25) is 0 Å². The van der Waals surface area contributed by atoms with E-state index in [1.165, 1.54) is 0 Å². The molecule has 0 fully saturated rings. The molecule has 6 heteroatoms. The molecule has 1 aromatic carbocycles. The van der Waals surface area contributed by atoms with Gasteiger partial charge in [0, 0.05) is 5.54 Å². The van der Waals surface area contributed by atoms with Crippen molar-refractivity contribution in [1.29, 1.82) is 0 Å². The predicted molar refractivity (Wildman–Crippen MR) is 73.3 cm³/mol. The van der Waals surface area contributed by atoms with Crippen LogP contribution in [-0.2, 0) is 0 Å². The van der Waals surface area contributed by atoms with Crippen LogP contribution in [-0.4, -0.2) is 33.4 Å². The van der Waals surface area contributed by atoms with Crippen molar-refractivity contribution in [3.8, 4) is 5.75 Å². The second-order valence-electron chi connectivity index (χ2n) is 5.46. The third-order valence-corrected chi connectivity index (χ3v) is 2.58. The Morgan fingerprint density at radius 3 is 2.79 bits per heavy atom. The summed E-state index contributed by atoms with van der Waals surface area (Å²) in [6.07, 6.45) is -0.983. The Labute approximate surface area is 110 Å². The number of aromatic amines is 2. The summed E-state index contributed by atoms with van der Waals surface area (Å²) in [5, 5.41) is 13.0. The van der Waals surface area contributed by atoms with Gasteiger partial charge in [-0.2, -0.15) is 0 Å². The molecular weight excluding hydrogens is 246 g/mol. The first-order valence-corrected chi connectivity index (χ1v) is 6.16. The van der Waals surface area contributed by atoms with Gasteiger partial charge in [0.2, 0.25) is 6.29 Å². The third-order valence-electron chi connectivity index (χ3n) is 2.58. The molecule has 0 unspecified atom stereocenters. The first-order chi connectivity index (χ1) is 8.85. The van der Waals surface area contributed by atoms with Crippen molar-refractivity contribution >= 4 is 11.0 Å². The van der Waals surface area contributed by atoms with Crippen LogP contribution in [0.25, 0.3) is 11.0 Å². The lowest BCUT2D eigenvalue weighted by Gasteiger charge is -2.23. The molecule has 0 aliphatic heterocycles. The van der Waals surface area contributed by atoms with Crippen molar-refractivity contribution in [2.24, 2.45) is 0 Å². The van der Waals surface area contributed by atoms with E-state index in [9.17, 15) is 9.90 Å². The zero-order chi connectivity index (χ0) is 14.0. The van der Waals surface area contributed by atoms with Gasteiger partial charge in [0.15, 0.2) is 0 Å². The van der Waals surface area contributed by atoms with Gasteiger partial charge in [-0.1, -0.05) is 6.07 Å². The lowest BCUT2D eigenvalue weighted by molar-refractivity contribution is -0.0181. The smallest absolute Gasteiger partial charge is 0.323 e. The van der Waals surface area contributed by atoms with Crippen molar-refractivity contribution in [2.75, 3.05) is 6.54 Å². The highest BCUT2D eigenvalue weighted by molar-refractivity contribution is 5.80. The second-order valence-corrected chi connectivity index (χ2v) is 5.46. The highest BCUT2D eigenvalue weighted by atomic mass is 16.6. The number of β-amino-alcohol motifs (C(OH)–C–C–N with tert-alkyl or cyclic N) is 1. The van der Waals surface area contributed by atoms with Crippen molar-refractivity contribution in [3.63, 3.8) is 0 Å². The van der Waals surface area contributed by atoms with E-state index in [4.69, 9.17) is 4.74 Å². The Kier molecular flexibility index (Phi) is 3.64. The number of aliphatic hydroxyl groups excluding tert-OH is 1. The topological polar surface area (TPSA) is 90.1 Å². The van der Waals surface area contributed by atoms with Crippen LogP contribution in [0.3, 0.4) is 0 Å². The van der Waals surface area contributed by atoms with Crippen LogP contribution < -0.4 is 15.7 Å². The summed E-state index contributed by atoms with van der Waals surface area (Å²) in [6, 6.07) is 5.22. The number of H-pyrrole nitrogens is 2. The highest BCUT2D eigenvalue weighted by Gasteiger charge is 2.14. The average molecular weight is 265 g/mol. The van der Waals surface area contributed by atoms with Crippen LogP contribution in [0.4, 0.5) is 0 Å². The summed E-state index contributed by atoms with van der Waals surface area (Å²) in [7, 11) is 0. The first kappa shape index (κ1) is 13.6. The summed E-state index contributed by atoms with van der Waals surface area (Å²) < 4.78 is 5.44. The van der Waals surface area contributed by atoms with Crippen LogP contribution >= 0.6 is 0 Å². The van der Waals surface area contributed by atoms with E-state index in [1.807, 2.05) is 20.8 Å². The number of para-hydroxylation sites is 1. The summed E-state index contributed by atoms with van der Waals surface area (Å²) in [6.45, 7) is 6.31. The number of rotatable bonds is 4. The van der Waals surface area contributed by atoms with E-state index in [0.717, 1.165) is 0 Å². The fourth-order valence-electron chi connectivity index (χ4n) is 1.71. The molecule has 0 aliphatic carbocycles. The van der Waals surface area contributed by atoms with Crippen LogP contribution in [0.1, 0.15) is 20.8 Å². The molecular formula is C13H19N3O3. The van der Waals surface area contributed by atoms with E-state index in [-0.39, 0.29) is 11.2 Å². The molecule has 4 N–H and O–H groups in total. The molecule has 19 heavy (non-hydrogen) atoms. The van der Waals surface area contributed by atoms with Gasteiger partial charge in [0.25, 0.3) is 0 Å². The zero-order valence-corrected chi connectivity index (χ0v) is 11.3. The SMILES string of the molecule is CC(C)(C)NC[C@H](O)Oc1cccc2[nH]c(=O)[nH]c12. The minimum atomic E-state index is -0.983. The molecule has 0 saturated carbocycles. The van der Waals surface area contributed by atoms with Gasteiger partial charge >= 0.3 is 5.69 Å². The number of hydrogen-bond acceptors (Lipinski definition) is 4. The number of ether oxygens (including phenoxy) is 1. The second kappa shape index (κ2) is 5.07. The average Bonchev–Trinajstić information content (AvgIpc) is 2.67. The minimum absolute atomic E-state index is 0.0985. The number of hydrogen-bond donors (Lipinski definition) is 4. The molecule has 6 nitrogen and oxygen atoms in total. The van der Waals surface area contributed by atoms with Gasteiger partial charge in [-0.25, -0.2) is 4.79 Å². The highest BCUT2D eigenvalue weighted by Crippen LogP contribution is 2.21. The van der Waals surface area contributed by atoms with Crippen molar-refractivity contribution in [3.05, 3.63) is 28.7 Å². The normalized spacial score (nSPS) is 13.7. The number of aromatic nitrogens is 2. The van der Waals surface area contributed by atoms with E-state index < -0.39 is 6.29 Å². The quantitative estimate of drug-likeness (QED) is 0.619. The molecule has 0 saturated heterocycles. The van der Waals surface area contributed by atoms with Crippen molar-refractivity contribution in [1.82, 2.24) is 15.3 Å². The Bertz CT molecular complexity index is 609. The van der Waals surface area contributed by atoms with Gasteiger partial charge in [-0.15, -0.1) is 0 Å². The summed E-state index contributed by atoms with van der Waals surface area (Å²) in [5.74, 6) is 0.444. The Hall–Kier alpha value is -1.79. The maximum absolute atomic E-state index is 11.2. The molecule has 0 amide bonds. The molecule has 2 aromatic rings. The van der Waals surface area contributed by atoms with Gasteiger partial charge in [-0.05, 0) is 32.9 Å². The van der Waals surface area contributed by atoms with Crippen LogP contribution in [0, 0.1) is 0 Å². The van der Waals surface area contributed by atoms with Gasteiger partial charge < -0.3 is 25.1 Å². The molecule has 0 spiro atoms. The fraction of sp³-hybridized carbons (Fsp3) is 0.462. The predicted octanol–water partition coefficient (Wildman–Crippen LogP) is 0.942. The van der Waals surface area contributed by atoms with Crippen molar-refractivity contribution < 1.29 is 9.84 Å². The number of nitrogens with one attached hydrogen (secondary N) is 3. The van der Waals surface area contributed by atoms with E-state index in [2.05, 4.69) is 15.3 Å². The minimum Gasteiger partial charge on any atom is -0.461 e. The van der Waals surface area contributed by atoms with Gasteiger partial charge in [0.1, 0.15) is 11.3 Å². The lowest BCUT2D eigenvalue weighted by Crippen LogP contribution is -2.42. The fourth-order valence-corrected chi connectivity index (χ4v) is 1.71. The monoisotopic (exact) mass is 265 g/mol. The largest absolute Gasteiger partial charge is 0.461 e. The van der Waals surface area contributed by atoms with Crippen LogP contribution in [0.15, 0.2) is 23.0 Å². The molecule has 104 valence electrons. The zero-order valence-electron chi connectivity index (χ0n) is 11.3. The van der Waals surface area contributed by atoms with E-state index >= 15 is 0 Å². The maximum atomic E-state index is 11.2. The number of aliphatic hydroxyl groups is 1. The first-order valence-electron chi connectivity index (χ1n) is 6.16. The molecule has 0 bridgehead atoms. The van der Waals surface area contributed by atoms with Crippen LogP contribution in [0.5, 0.6) is 5.75 Å². The molecule has 1 aromatic heterocycles. The standard InChI is InChI=1S/C13H19N3O3/c1-13(2,3)14-7-10(17)19-9-6-4-5-8-11(9)16-12(18)15-8/h4-6,10,14,17H,7H2,1-3H3,(H2,15,16,18)/t10-/m1/s1. The molecule has 1 atom stereocenters. The summed E-state index contributed by atoms with van der Waals surface area (Å²) in [4.78, 5) is 16.5. The maximum Gasteiger partial charge on any atom is 0.323 e. The molecule has 2 rings (SSSR count). The summed E-state index contributed by atoms with van der Waals surface area (Å²) in [5.41, 5.74) is 0.813. The molecule has 0 radical (unpaired) electrons. The molecule has 0 aliphatic rings. The van der Waals surface area contributed by atoms with E-state index in [0.29, 0.717) is 23.3 Å².